The van der Waals surface area contributed by atoms with Crippen molar-refractivity contribution in [1.82, 2.24) is 4.90 Å². The summed E-state index contributed by atoms with van der Waals surface area (Å²) in [6, 6.07) is 7.13. The normalized spacial score (nSPS) is 33.5. The number of hydrogen-bond acceptors (Lipinski definition) is 4. The Morgan fingerprint density at radius 1 is 1.00 bits per heavy atom. The third-order valence-corrected chi connectivity index (χ3v) is 7.08. The molecule has 0 spiro atoms. The van der Waals surface area contributed by atoms with Crippen molar-refractivity contribution in [2.24, 2.45) is 23.7 Å². The molecule has 2 aliphatic carbocycles. The van der Waals surface area contributed by atoms with Gasteiger partial charge in [-0.25, -0.2) is 0 Å². The lowest BCUT2D eigenvalue weighted by Crippen LogP contribution is -2.35. The molecule has 1 N–H and O–H groups in total. The Bertz CT molecular complexity index is 795. The standard InChI is InChI=1S/C22H26N2O4/c25-20(18-14-11-16-17(12-14)28-22(27)19(16)18)23-15-7-5-13(6-8-15)21(26)24-9-3-1-2-4-10-24/h5-8,14,16-19H,1-4,9-12H2,(H,23,25)/t14-,16+,17-,18-,19-/m1/s1. The molecule has 2 aliphatic heterocycles. The van der Waals surface area contributed by atoms with Gasteiger partial charge in [0.05, 0.1) is 11.8 Å². The van der Waals surface area contributed by atoms with Crippen molar-refractivity contribution < 1.29 is 19.1 Å². The summed E-state index contributed by atoms with van der Waals surface area (Å²) in [5.74, 6) is -0.318. The lowest BCUT2D eigenvalue weighted by atomic mass is 9.79. The van der Waals surface area contributed by atoms with Crippen molar-refractivity contribution in [2.45, 2.75) is 44.6 Å². The third kappa shape index (κ3) is 2.90. The third-order valence-electron chi connectivity index (χ3n) is 7.08. The first-order valence-electron chi connectivity index (χ1n) is 10.5. The van der Waals surface area contributed by atoms with E-state index >= 15 is 0 Å². The number of nitrogens with zero attached hydrogens (tertiary/aromatic N) is 1. The first-order chi connectivity index (χ1) is 13.6. The van der Waals surface area contributed by atoms with Gasteiger partial charge in [-0.2, -0.15) is 0 Å². The number of amides is 2. The van der Waals surface area contributed by atoms with E-state index in [1.54, 1.807) is 24.3 Å². The predicted octanol–water partition coefficient (Wildman–Crippen LogP) is 2.84. The van der Waals surface area contributed by atoms with Crippen molar-refractivity contribution in [1.29, 1.82) is 0 Å². The summed E-state index contributed by atoms with van der Waals surface area (Å²) in [7, 11) is 0. The zero-order valence-corrected chi connectivity index (χ0v) is 15.9. The monoisotopic (exact) mass is 382 g/mol. The SMILES string of the molecule is O=C(Nc1ccc(C(=O)N2CCCCCC2)cc1)[C@@H]1[C@@H]2C[C@@H]3[C@H]1C(=O)O[C@@H]3C2. The fourth-order valence-electron chi connectivity index (χ4n) is 5.74. The van der Waals surface area contributed by atoms with E-state index in [4.69, 9.17) is 4.74 Å². The van der Waals surface area contributed by atoms with Crippen LogP contribution in [0.3, 0.4) is 0 Å². The van der Waals surface area contributed by atoms with Crippen LogP contribution in [0.15, 0.2) is 24.3 Å². The quantitative estimate of drug-likeness (QED) is 0.816. The van der Waals surface area contributed by atoms with Gasteiger partial charge in [0.2, 0.25) is 5.91 Å². The highest BCUT2D eigenvalue weighted by Crippen LogP contribution is 2.57. The molecule has 1 aromatic carbocycles. The fourth-order valence-corrected chi connectivity index (χ4v) is 5.74. The second kappa shape index (κ2) is 6.90. The molecule has 2 saturated carbocycles. The molecule has 0 aromatic heterocycles. The van der Waals surface area contributed by atoms with Gasteiger partial charge >= 0.3 is 5.97 Å². The number of carbonyl (C=O) groups is 3. The first-order valence-corrected chi connectivity index (χ1v) is 10.5. The summed E-state index contributed by atoms with van der Waals surface area (Å²) in [5.41, 5.74) is 1.32. The molecule has 1 aromatic rings. The Balaban J connectivity index is 1.25. The van der Waals surface area contributed by atoms with E-state index in [2.05, 4.69) is 5.32 Å². The van der Waals surface area contributed by atoms with Gasteiger partial charge in [-0.3, -0.25) is 14.4 Å². The summed E-state index contributed by atoms with van der Waals surface area (Å²) in [6.07, 6.45) is 6.27. The van der Waals surface area contributed by atoms with Crippen LogP contribution in [-0.2, 0) is 14.3 Å². The highest BCUT2D eigenvalue weighted by Gasteiger charge is 2.63. The number of ether oxygens (including phenoxy) is 1. The molecular weight excluding hydrogens is 356 g/mol. The van der Waals surface area contributed by atoms with Crippen LogP contribution in [0.4, 0.5) is 5.69 Å². The summed E-state index contributed by atoms with van der Waals surface area (Å²) in [6.45, 7) is 1.64. The van der Waals surface area contributed by atoms with E-state index in [1.807, 2.05) is 4.90 Å². The van der Waals surface area contributed by atoms with E-state index in [-0.39, 0.29) is 47.6 Å². The van der Waals surface area contributed by atoms with Gasteiger partial charge in [-0.05, 0) is 55.9 Å². The van der Waals surface area contributed by atoms with E-state index < -0.39 is 0 Å². The average Bonchev–Trinajstić information content (AvgIpc) is 3.21. The van der Waals surface area contributed by atoms with E-state index in [1.165, 1.54) is 12.8 Å². The van der Waals surface area contributed by atoms with Crippen LogP contribution in [0.25, 0.3) is 0 Å². The summed E-state index contributed by atoms with van der Waals surface area (Å²) < 4.78 is 5.42. The second-order valence-electron chi connectivity index (χ2n) is 8.70. The molecule has 0 unspecified atom stereocenters. The van der Waals surface area contributed by atoms with Crippen LogP contribution in [0.2, 0.25) is 0 Å². The van der Waals surface area contributed by atoms with Crippen LogP contribution in [0.1, 0.15) is 48.9 Å². The summed E-state index contributed by atoms with van der Waals surface area (Å²) in [5, 5.41) is 2.96. The van der Waals surface area contributed by atoms with Crippen molar-refractivity contribution in [3.05, 3.63) is 29.8 Å². The number of fused-ring (bicyclic) bond motifs is 1. The molecule has 6 nitrogen and oxygen atoms in total. The molecule has 2 saturated heterocycles. The minimum atomic E-state index is -0.283. The maximum absolute atomic E-state index is 12.8. The van der Waals surface area contributed by atoms with E-state index in [0.29, 0.717) is 11.3 Å². The van der Waals surface area contributed by atoms with Crippen molar-refractivity contribution >= 4 is 23.5 Å². The van der Waals surface area contributed by atoms with Crippen molar-refractivity contribution in [2.75, 3.05) is 18.4 Å². The molecule has 28 heavy (non-hydrogen) atoms. The summed E-state index contributed by atoms with van der Waals surface area (Å²) >= 11 is 0. The molecule has 5 rings (SSSR count). The molecular formula is C22H26N2O4. The van der Waals surface area contributed by atoms with Crippen LogP contribution in [0, 0.1) is 23.7 Å². The largest absolute Gasteiger partial charge is 0.462 e. The average molecular weight is 382 g/mol. The van der Waals surface area contributed by atoms with Gasteiger partial charge in [0, 0.05) is 30.3 Å². The molecule has 2 heterocycles. The number of rotatable bonds is 3. The number of nitrogens with one attached hydrogen (secondary N) is 1. The lowest BCUT2D eigenvalue weighted by Gasteiger charge is -2.23. The number of esters is 1. The maximum atomic E-state index is 12.8. The molecule has 4 fully saturated rings. The smallest absolute Gasteiger partial charge is 0.310 e. The first kappa shape index (κ1) is 17.7. The number of anilines is 1. The Kier molecular flexibility index (Phi) is 4.37. The molecule has 2 amide bonds. The lowest BCUT2D eigenvalue weighted by molar-refractivity contribution is -0.145. The minimum Gasteiger partial charge on any atom is -0.462 e. The van der Waals surface area contributed by atoms with Crippen molar-refractivity contribution in [3.63, 3.8) is 0 Å². The zero-order valence-electron chi connectivity index (χ0n) is 15.9. The molecule has 6 heteroatoms. The highest BCUT2D eigenvalue weighted by atomic mass is 16.6. The van der Waals surface area contributed by atoms with E-state index in [9.17, 15) is 14.4 Å². The minimum absolute atomic E-state index is 0.0378. The molecule has 5 atom stereocenters. The Labute approximate surface area is 164 Å². The fraction of sp³-hybridized carbons (Fsp3) is 0.591. The van der Waals surface area contributed by atoms with Crippen LogP contribution < -0.4 is 5.32 Å². The second-order valence-corrected chi connectivity index (χ2v) is 8.70. The molecule has 148 valence electrons. The number of benzene rings is 1. The highest BCUT2D eigenvalue weighted by molar-refractivity contribution is 5.98. The Morgan fingerprint density at radius 3 is 2.43 bits per heavy atom. The van der Waals surface area contributed by atoms with Gasteiger partial charge in [-0.1, -0.05) is 12.8 Å². The van der Waals surface area contributed by atoms with Gasteiger partial charge in [-0.15, -0.1) is 0 Å². The van der Waals surface area contributed by atoms with Gasteiger partial charge in [0.1, 0.15) is 6.10 Å². The van der Waals surface area contributed by atoms with Gasteiger partial charge < -0.3 is 15.0 Å². The molecule has 0 radical (unpaired) electrons. The molecule has 2 bridgehead atoms. The van der Waals surface area contributed by atoms with Gasteiger partial charge in [0.15, 0.2) is 0 Å². The Morgan fingerprint density at radius 2 is 1.71 bits per heavy atom. The number of likely N-dealkylation sites (tertiary alicyclic amines) is 1. The zero-order chi connectivity index (χ0) is 19.3. The van der Waals surface area contributed by atoms with Crippen molar-refractivity contribution in [3.8, 4) is 0 Å². The number of hydrogen-bond donors (Lipinski definition) is 1. The Hall–Kier alpha value is -2.37. The number of carbonyl (C=O) groups excluding carboxylic acids is 3. The predicted molar refractivity (Wildman–Crippen MR) is 103 cm³/mol. The summed E-state index contributed by atoms with van der Waals surface area (Å²) in [4.78, 5) is 39.6. The van der Waals surface area contributed by atoms with Crippen LogP contribution in [0.5, 0.6) is 0 Å². The van der Waals surface area contributed by atoms with Gasteiger partial charge in [0.25, 0.3) is 5.91 Å². The van der Waals surface area contributed by atoms with Crippen LogP contribution >= 0.6 is 0 Å². The topological polar surface area (TPSA) is 75.7 Å². The van der Waals surface area contributed by atoms with Crippen LogP contribution in [-0.4, -0.2) is 41.9 Å². The molecule has 4 aliphatic rings. The maximum Gasteiger partial charge on any atom is 0.310 e. The van der Waals surface area contributed by atoms with E-state index in [0.717, 1.165) is 38.8 Å².